The zero-order chi connectivity index (χ0) is 17.6. The van der Waals surface area contributed by atoms with Gasteiger partial charge in [-0.25, -0.2) is 0 Å². The van der Waals surface area contributed by atoms with Crippen LogP contribution in [0.2, 0.25) is 0 Å². The van der Waals surface area contributed by atoms with E-state index in [0.717, 1.165) is 31.6 Å². The first-order valence-electron chi connectivity index (χ1n) is 9.05. The summed E-state index contributed by atoms with van der Waals surface area (Å²) in [5.74, 6) is 0.981. The Labute approximate surface area is 165 Å². The molecule has 1 aromatic carbocycles. The third kappa shape index (κ3) is 3.47. The number of carbonyl (C=O) groups excluding carboxylic acids is 2. The maximum atomic E-state index is 12.9. The minimum Gasteiger partial charge on any atom is -0.342 e. The van der Waals surface area contributed by atoms with Gasteiger partial charge in [-0.1, -0.05) is 0 Å². The highest BCUT2D eigenvalue weighted by molar-refractivity contribution is 7.98. The van der Waals surface area contributed by atoms with Gasteiger partial charge in [-0.2, -0.15) is 0 Å². The lowest BCUT2D eigenvalue weighted by molar-refractivity contribution is -0.135. The Morgan fingerprint density at radius 1 is 1.15 bits per heavy atom. The second-order valence-corrected chi connectivity index (χ2v) is 8.39. The molecular formula is C19H26ClN3O2S. The number of nitrogens with zero attached hydrogens (tertiary/aromatic N) is 2. The van der Waals surface area contributed by atoms with Crippen LogP contribution in [0.25, 0.3) is 0 Å². The van der Waals surface area contributed by atoms with Gasteiger partial charge in [0.2, 0.25) is 11.8 Å². The smallest absolute Gasteiger partial charge is 0.228 e. The molecule has 4 atom stereocenters. The molecule has 3 aliphatic rings. The quantitative estimate of drug-likeness (QED) is 0.798. The van der Waals surface area contributed by atoms with E-state index >= 15 is 0 Å². The maximum Gasteiger partial charge on any atom is 0.228 e. The number of fused-ring (bicyclic) bond motifs is 1. The summed E-state index contributed by atoms with van der Waals surface area (Å²) in [5, 5.41) is 0. The number of hydrogen-bond donors (Lipinski definition) is 1. The Morgan fingerprint density at radius 3 is 2.54 bits per heavy atom. The van der Waals surface area contributed by atoms with Crippen LogP contribution in [0.5, 0.6) is 0 Å². The van der Waals surface area contributed by atoms with E-state index in [1.54, 1.807) is 16.7 Å². The molecule has 0 aromatic heterocycles. The third-order valence-electron chi connectivity index (χ3n) is 6.08. The first-order chi connectivity index (χ1) is 12.1. The lowest BCUT2D eigenvalue weighted by Gasteiger charge is -2.22. The van der Waals surface area contributed by atoms with Crippen LogP contribution < -0.4 is 10.6 Å². The third-order valence-corrected chi connectivity index (χ3v) is 6.83. The molecule has 2 amide bonds. The number of amides is 2. The molecule has 7 heteroatoms. The Kier molecular flexibility index (Phi) is 5.85. The van der Waals surface area contributed by atoms with Crippen LogP contribution >= 0.6 is 24.2 Å². The summed E-state index contributed by atoms with van der Waals surface area (Å²) in [7, 11) is 0. The number of halogens is 1. The molecule has 1 aliphatic carbocycles. The van der Waals surface area contributed by atoms with E-state index in [0.29, 0.717) is 24.8 Å². The normalized spacial score (nSPS) is 30.5. The SMILES string of the molecule is CSc1ccc(N2CC(C(=O)N3CC4CCC(N)C4C3)CC2=O)cc1.Cl. The largest absolute Gasteiger partial charge is 0.342 e. The summed E-state index contributed by atoms with van der Waals surface area (Å²) in [6, 6.07) is 8.21. The topological polar surface area (TPSA) is 66.6 Å². The van der Waals surface area contributed by atoms with E-state index in [9.17, 15) is 9.59 Å². The van der Waals surface area contributed by atoms with Crippen LogP contribution in [0.3, 0.4) is 0 Å². The molecule has 5 nitrogen and oxygen atoms in total. The molecule has 4 rings (SSSR count). The number of benzene rings is 1. The van der Waals surface area contributed by atoms with Crippen molar-refractivity contribution in [2.24, 2.45) is 23.5 Å². The van der Waals surface area contributed by atoms with Crippen molar-refractivity contribution in [1.82, 2.24) is 4.90 Å². The number of rotatable bonds is 3. The summed E-state index contributed by atoms with van der Waals surface area (Å²) in [6.07, 6.45) is 4.56. The summed E-state index contributed by atoms with van der Waals surface area (Å²) in [6.45, 7) is 2.09. The summed E-state index contributed by atoms with van der Waals surface area (Å²) in [5.41, 5.74) is 7.06. The number of anilines is 1. The van der Waals surface area contributed by atoms with Gasteiger partial charge in [0.1, 0.15) is 0 Å². The Balaban J connectivity index is 0.00000196. The van der Waals surface area contributed by atoms with E-state index in [1.165, 1.54) is 4.90 Å². The van der Waals surface area contributed by atoms with Crippen molar-refractivity contribution in [3.8, 4) is 0 Å². The van der Waals surface area contributed by atoms with Crippen molar-refractivity contribution < 1.29 is 9.59 Å². The molecule has 142 valence electrons. The standard InChI is InChI=1S/C19H25N3O2S.ClH/c1-25-15-5-3-14(4-6-15)22-10-13(8-18(22)23)19(24)21-9-12-2-7-17(20)16(12)11-21;/h3-6,12-13,16-17H,2,7-11,20H2,1H3;1H. The van der Waals surface area contributed by atoms with Gasteiger partial charge in [-0.15, -0.1) is 24.2 Å². The van der Waals surface area contributed by atoms with Crippen LogP contribution in [-0.2, 0) is 9.59 Å². The summed E-state index contributed by atoms with van der Waals surface area (Å²) < 4.78 is 0. The van der Waals surface area contributed by atoms with Crippen molar-refractivity contribution in [3.63, 3.8) is 0 Å². The fourth-order valence-electron chi connectivity index (χ4n) is 4.63. The van der Waals surface area contributed by atoms with Crippen molar-refractivity contribution in [2.75, 3.05) is 30.8 Å². The van der Waals surface area contributed by atoms with E-state index in [4.69, 9.17) is 5.73 Å². The van der Waals surface area contributed by atoms with Crippen molar-refractivity contribution >= 4 is 41.7 Å². The first kappa shape index (κ1) is 19.5. The highest BCUT2D eigenvalue weighted by Gasteiger charge is 2.45. The van der Waals surface area contributed by atoms with Crippen LogP contribution in [-0.4, -0.2) is 48.6 Å². The van der Waals surface area contributed by atoms with E-state index in [1.807, 2.05) is 35.4 Å². The number of nitrogens with two attached hydrogens (primary N) is 1. The van der Waals surface area contributed by atoms with Crippen LogP contribution in [0, 0.1) is 17.8 Å². The highest BCUT2D eigenvalue weighted by atomic mass is 35.5. The second kappa shape index (κ2) is 7.79. The number of likely N-dealkylation sites (tertiary alicyclic amines) is 1. The maximum absolute atomic E-state index is 12.9. The lowest BCUT2D eigenvalue weighted by atomic mass is 9.98. The molecule has 3 fully saturated rings. The van der Waals surface area contributed by atoms with E-state index < -0.39 is 0 Å². The van der Waals surface area contributed by atoms with E-state index in [2.05, 4.69) is 0 Å². The monoisotopic (exact) mass is 395 g/mol. The molecule has 2 heterocycles. The van der Waals surface area contributed by atoms with Gasteiger partial charge < -0.3 is 15.5 Å². The van der Waals surface area contributed by atoms with Crippen LogP contribution in [0.1, 0.15) is 19.3 Å². The Morgan fingerprint density at radius 2 is 1.88 bits per heavy atom. The van der Waals surface area contributed by atoms with Gasteiger partial charge in [0.05, 0.1) is 5.92 Å². The Hall–Kier alpha value is -1.24. The van der Waals surface area contributed by atoms with Gasteiger partial charge in [-0.3, -0.25) is 9.59 Å². The van der Waals surface area contributed by atoms with Crippen molar-refractivity contribution in [3.05, 3.63) is 24.3 Å². The van der Waals surface area contributed by atoms with Gasteiger partial charge in [0, 0.05) is 42.7 Å². The van der Waals surface area contributed by atoms with Gasteiger partial charge >= 0.3 is 0 Å². The molecule has 2 saturated heterocycles. The summed E-state index contributed by atoms with van der Waals surface area (Å²) >= 11 is 1.68. The molecule has 26 heavy (non-hydrogen) atoms. The number of thioether (sulfide) groups is 1. The molecule has 1 aromatic rings. The fourth-order valence-corrected chi connectivity index (χ4v) is 5.04. The second-order valence-electron chi connectivity index (χ2n) is 7.51. The minimum atomic E-state index is -0.220. The minimum absolute atomic E-state index is 0. The van der Waals surface area contributed by atoms with E-state index in [-0.39, 0.29) is 36.2 Å². The summed E-state index contributed by atoms with van der Waals surface area (Å²) in [4.78, 5) is 30.2. The zero-order valence-corrected chi connectivity index (χ0v) is 16.6. The van der Waals surface area contributed by atoms with Gasteiger partial charge in [-0.05, 0) is 55.2 Å². The molecule has 1 saturated carbocycles. The molecular weight excluding hydrogens is 370 g/mol. The van der Waals surface area contributed by atoms with Crippen LogP contribution in [0.4, 0.5) is 5.69 Å². The molecule has 4 unspecified atom stereocenters. The zero-order valence-electron chi connectivity index (χ0n) is 15.0. The average molecular weight is 396 g/mol. The van der Waals surface area contributed by atoms with Gasteiger partial charge in [0.15, 0.2) is 0 Å². The van der Waals surface area contributed by atoms with Crippen LogP contribution in [0.15, 0.2) is 29.2 Å². The predicted molar refractivity (Wildman–Crippen MR) is 107 cm³/mol. The predicted octanol–water partition coefficient (Wildman–Crippen LogP) is 2.38. The Bertz CT molecular complexity index is 684. The van der Waals surface area contributed by atoms with Gasteiger partial charge in [0.25, 0.3) is 0 Å². The molecule has 2 N–H and O–H groups in total. The first-order valence-corrected chi connectivity index (χ1v) is 10.3. The molecule has 0 radical (unpaired) electrons. The molecule has 0 spiro atoms. The number of hydrogen-bond acceptors (Lipinski definition) is 4. The fraction of sp³-hybridized carbons (Fsp3) is 0.579. The molecule has 0 bridgehead atoms. The molecule has 2 aliphatic heterocycles. The highest BCUT2D eigenvalue weighted by Crippen LogP contribution is 2.38. The van der Waals surface area contributed by atoms with Crippen molar-refractivity contribution in [1.29, 1.82) is 0 Å². The average Bonchev–Trinajstić information content (AvgIpc) is 3.31. The van der Waals surface area contributed by atoms with Crippen molar-refractivity contribution in [2.45, 2.75) is 30.2 Å². The number of carbonyl (C=O) groups is 2. The lowest BCUT2D eigenvalue weighted by Crippen LogP contribution is -2.38.